The molecule has 7 heteroatoms. The number of non-ortho nitro benzene ring substituents is 1. The molecule has 0 radical (unpaired) electrons. The Morgan fingerprint density at radius 2 is 1.71 bits per heavy atom. The lowest BCUT2D eigenvalue weighted by molar-refractivity contribution is -0.384. The van der Waals surface area contributed by atoms with Crippen molar-refractivity contribution in [3.05, 3.63) is 63.9 Å². The lowest BCUT2D eigenvalue weighted by atomic mass is 10.1. The van der Waals surface area contributed by atoms with Crippen molar-refractivity contribution in [3.63, 3.8) is 0 Å². The molecule has 1 aromatic rings. The minimum absolute atomic E-state index is 0.0409. The van der Waals surface area contributed by atoms with Crippen molar-refractivity contribution in [2.75, 3.05) is 13.2 Å². The van der Waals surface area contributed by atoms with Crippen molar-refractivity contribution in [1.82, 2.24) is 0 Å². The molecule has 0 aliphatic rings. The minimum atomic E-state index is -0.532. The van der Waals surface area contributed by atoms with E-state index in [0.717, 1.165) is 0 Å². The quantitative estimate of drug-likeness (QED) is 0.131. The molecule has 0 heterocycles. The molecule has 0 atom stereocenters. The molecule has 128 valence electrons. The molecule has 0 bridgehead atoms. The minimum Gasteiger partial charge on any atom is -0.494 e. The summed E-state index contributed by atoms with van der Waals surface area (Å²) in [7, 11) is 0. The Kier molecular flexibility index (Phi) is 7.90. The number of ketones is 1. The SMILES string of the molecule is CCOC(=O)CC=C(C=CC(=O)c1ccc([N+](=O)[O-])cc1)OCC. The number of rotatable bonds is 9. The normalized spacial score (nSPS) is 11.3. The van der Waals surface area contributed by atoms with Gasteiger partial charge in [-0.05, 0) is 44.2 Å². The second-order valence-corrected chi connectivity index (χ2v) is 4.55. The Bertz CT molecular complexity index is 646. The number of carbonyl (C=O) groups excluding carboxylic acids is 2. The molecule has 1 rings (SSSR count). The summed E-state index contributed by atoms with van der Waals surface area (Å²) in [6, 6.07) is 5.29. The Balaban J connectivity index is 2.77. The van der Waals surface area contributed by atoms with Crippen LogP contribution in [0.2, 0.25) is 0 Å². The third kappa shape index (κ3) is 6.43. The molecule has 7 nitrogen and oxygen atoms in total. The zero-order valence-electron chi connectivity index (χ0n) is 13.6. The van der Waals surface area contributed by atoms with Gasteiger partial charge in [0, 0.05) is 17.7 Å². The number of hydrogen-bond acceptors (Lipinski definition) is 6. The standard InChI is InChI=1S/C17H19NO6/c1-3-23-15(10-12-17(20)24-4-2)9-11-16(19)13-5-7-14(8-6-13)18(21)22/h5-11H,3-4,12H2,1-2H3. The van der Waals surface area contributed by atoms with Gasteiger partial charge < -0.3 is 9.47 Å². The van der Waals surface area contributed by atoms with Crippen LogP contribution in [0.4, 0.5) is 5.69 Å². The first-order valence-electron chi connectivity index (χ1n) is 7.43. The van der Waals surface area contributed by atoms with E-state index in [-0.39, 0.29) is 23.9 Å². The number of benzene rings is 1. The van der Waals surface area contributed by atoms with Gasteiger partial charge in [-0.1, -0.05) is 0 Å². The van der Waals surface area contributed by atoms with Gasteiger partial charge in [0.2, 0.25) is 0 Å². The van der Waals surface area contributed by atoms with Crippen LogP contribution in [0, 0.1) is 10.1 Å². The van der Waals surface area contributed by atoms with E-state index in [0.29, 0.717) is 24.5 Å². The average molecular weight is 333 g/mol. The topological polar surface area (TPSA) is 95.7 Å². The molecule has 24 heavy (non-hydrogen) atoms. The van der Waals surface area contributed by atoms with Crippen LogP contribution < -0.4 is 0 Å². The van der Waals surface area contributed by atoms with Gasteiger partial charge in [-0.3, -0.25) is 19.7 Å². The second kappa shape index (κ2) is 9.94. The molecule has 0 amide bonds. The van der Waals surface area contributed by atoms with E-state index in [4.69, 9.17) is 9.47 Å². The van der Waals surface area contributed by atoms with Crippen molar-refractivity contribution < 1.29 is 24.0 Å². The van der Waals surface area contributed by atoms with Crippen LogP contribution in [-0.2, 0) is 14.3 Å². The molecule has 0 aliphatic carbocycles. The third-order valence-electron chi connectivity index (χ3n) is 2.85. The first-order valence-corrected chi connectivity index (χ1v) is 7.43. The fourth-order valence-corrected chi connectivity index (χ4v) is 1.75. The lowest BCUT2D eigenvalue weighted by Gasteiger charge is -2.04. The molecular formula is C17H19NO6. The molecule has 0 aliphatic heterocycles. The molecule has 0 saturated carbocycles. The van der Waals surface area contributed by atoms with Crippen molar-refractivity contribution in [2.45, 2.75) is 20.3 Å². The highest BCUT2D eigenvalue weighted by atomic mass is 16.6. The summed E-state index contributed by atoms with van der Waals surface area (Å²) in [6.45, 7) is 4.17. The maximum Gasteiger partial charge on any atom is 0.309 e. The number of nitrogens with zero attached hydrogens (tertiary/aromatic N) is 1. The predicted octanol–water partition coefficient (Wildman–Crippen LogP) is 3.21. The molecule has 0 aromatic heterocycles. The highest BCUT2D eigenvalue weighted by Gasteiger charge is 2.07. The van der Waals surface area contributed by atoms with Gasteiger partial charge in [-0.2, -0.15) is 0 Å². The highest BCUT2D eigenvalue weighted by Crippen LogP contribution is 2.13. The maximum absolute atomic E-state index is 12.0. The van der Waals surface area contributed by atoms with E-state index in [1.165, 1.54) is 42.5 Å². The summed E-state index contributed by atoms with van der Waals surface area (Å²) >= 11 is 0. The molecule has 0 N–H and O–H groups in total. The number of hydrogen-bond donors (Lipinski definition) is 0. The summed E-state index contributed by atoms with van der Waals surface area (Å²) in [4.78, 5) is 33.4. The molecule has 1 aromatic carbocycles. The number of esters is 1. The Hall–Kier alpha value is -2.96. The van der Waals surface area contributed by atoms with Gasteiger partial charge in [0.1, 0.15) is 5.76 Å². The lowest BCUT2D eigenvalue weighted by Crippen LogP contribution is -2.02. The van der Waals surface area contributed by atoms with Crippen LogP contribution in [0.15, 0.2) is 48.3 Å². The zero-order valence-corrected chi connectivity index (χ0v) is 13.6. The van der Waals surface area contributed by atoms with E-state index < -0.39 is 4.92 Å². The van der Waals surface area contributed by atoms with Crippen molar-refractivity contribution in [1.29, 1.82) is 0 Å². The Morgan fingerprint density at radius 1 is 1.08 bits per heavy atom. The van der Waals surface area contributed by atoms with Crippen LogP contribution in [0.1, 0.15) is 30.6 Å². The van der Waals surface area contributed by atoms with E-state index in [1.54, 1.807) is 13.8 Å². The number of carbonyl (C=O) groups is 2. The van der Waals surface area contributed by atoms with Gasteiger partial charge in [0.15, 0.2) is 5.78 Å². The van der Waals surface area contributed by atoms with E-state index in [9.17, 15) is 19.7 Å². The van der Waals surface area contributed by atoms with Crippen LogP contribution in [0.25, 0.3) is 0 Å². The summed E-state index contributed by atoms with van der Waals surface area (Å²) in [5.41, 5.74) is 0.234. The average Bonchev–Trinajstić information content (AvgIpc) is 2.57. The smallest absolute Gasteiger partial charge is 0.309 e. The first kappa shape index (κ1) is 19.1. The number of ether oxygens (including phenoxy) is 2. The molecule has 0 saturated heterocycles. The molecule has 0 unspecified atom stereocenters. The highest BCUT2D eigenvalue weighted by molar-refractivity contribution is 6.04. The van der Waals surface area contributed by atoms with Gasteiger partial charge >= 0.3 is 5.97 Å². The van der Waals surface area contributed by atoms with Gasteiger partial charge in [0.25, 0.3) is 5.69 Å². The van der Waals surface area contributed by atoms with E-state index in [2.05, 4.69) is 0 Å². The van der Waals surface area contributed by atoms with Crippen LogP contribution in [0.5, 0.6) is 0 Å². The summed E-state index contributed by atoms with van der Waals surface area (Å²) in [5, 5.41) is 10.6. The number of nitro groups is 1. The molecule has 0 fully saturated rings. The van der Waals surface area contributed by atoms with Crippen molar-refractivity contribution >= 4 is 17.4 Å². The summed E-state index contributed by atoms with van der Waals surface area (Å²) in [6.07, 6.45) is 4.31. The largest absolute Gasteiger partial charge is 0.494 e. The van der Waals surface area contributed by atoms with E-state index in [1.807, 2.05) is 0 Å². The number of nitro benzene ring substituents is 1. The van der Waals surface area contributed by atoms with Crippen LogP contribution in [-0.4, -0.2) is 29.9 Å². The summed E-state index contributed by atoms with van der Waals surface area (Å²) < 4.78 is 10.1. The second-order valence-electron chi connectivity index (χ2n) is 4.55. The zero-order chi connectivity index (χ0) is 17.9. The third-order valence-corrected chi connectivity index (χ3v) is 2.85. The molecule has 0 spiro atoms. The Morgan fingerprint density at radius 3 is 2.25 bits per heavy atom. The fourth-order valence-electron chi connectivity index (χ4n) is 1.75. The van der Waals surface area contributed by atoms with E-state index >= 15 is 0 Å². The van der Waals surface area contributed by atoms with Crippen LogP contribution >= 0.6 is 0 Å². The maximum atomic E-state index is 12.0. The molecular weight excluding hydrogens is 314 g/mol. The van der Waals surface area contributed by atoms with Crippen LogP contribution in [0.3, 0.4) is 0 Å². The van der Waals surface area contributed by atoms with Gasteiger partial charge in [-0.25, -0.2) is 0 Å². The fraction of sp³-hybridized carbons (Fsp3) is 0.294. The summed E-state index contributed by atoms with van der Waals surface area (Å²) in [5.74, 6) is -0.336. The first-order chi connectivity index (χ1) is 11.5. The predicted molar refractivity (Wildman–Crippen MR) is 87.5 cm³/mol. The Labute approximate surface area is 139 Å². The monoisotopic (exact) mass is 333 g/mol. The van der Waals surface area contributed by atoms with Crippen molar-refractivity contribution in [3.8, 4) is 0 Å². The van der Waals surface area contributed by atoms with Gasteiger partial charge in [0.05, 0.1) is 24.6 Å². The van der Waals surface area contributed by atoms with Crippen molar-refractivity contribution in [2.24, 2.45) is 0 Å². The van der Waals surface area contributed by atoms with Gasteiger partial charge in [-0.15, -0.1) is 0 Å². The number of allylic oxidation sites excluding steroid dienone is 2.